The normalized spacial score (nSPS) is 30.4. The van der Waals surface area contributed by atoms with Gasteiger partial charge < -0.3 is 34.6 Å². The molecule has 0 amide bonds. The van der Waals surface area contributed by atoms with Crippen LogP contribution in [-0.4, -0.2) is 76.2 Å². The van der Waals surface area contributed by atoms with Gasteiger partial charge in [0.15, 0.2) is 0 Å². The topological polar surface area (TPSA) is 109 Å². The van der Waals surface area contributed by atoms with Crippen LogP contribution in [0.4, 0.5) is 0 Å². The number of hydrogen-bond donors (Lipinski definition) is 4. The molecule has 2 fully saturated rings. The molecule has 2 aromatic rings. The monoisotopic (exact) mass is 482 g/mol. The van der Waals surface area contributed by atoms with E-state index in [2.05, 4.69) is 0 Å². The van der Waals surface area contributed by atoms with Crippen molar-refractivity contribution in [3.8, 4) is 5.75 Å². The second kappa shape index (κ2) is 10.7. The number of benzene rings is 2. The van der Waals surface area contributed by atoms with Crippen molar-refractivity contribution in [2.45, 2.75) is 53.7 Å². The number of halogens is 1. The van der Waals surface area contributed by atoms with E-state index < -0.39 is 36.5 Å². The molecule has 2 saturated heterocycles. The lowest BCUT2D eigenvalue weighted by Gasteiger charge is -2.39. The summed E-state index contributed by atoms with van der Waals surface area (Å²) in [6.45, 7) is 0.871. The Morgan fingerprint density at radius 3 is 2.50 bits per heavy atom. The molecule has 32 heavy (non-hydrogen) atoms. The molecule has 2 aliphatic heterocycles. The van der Waals surface area contributed by atoms with Crippen LogP contribution in [0.3, 0.4) is 0 Å². The molecular formula is C23H27ClO7S. The zero-order chi connectivity index (χ0) is 22.7. The average molecular weight is 483 g/mol. The summed E-state index contributed by atoms with van der Waals surface area (Å²) in [5, 5.41) is 40.5. The van der Waals surface area contributed by atoms with Crippen molar-refractivity contribution in [1.29, 1.82) is 0 Å². The molecule has 7 nitrogen and oxygen atoms in total. The first-order chi connectivity index (χ1) is 15.5. The van der Waals surface area contributed by atoms with Crippen LogP contribution < -0.4 is 4.74 Å². The zero-order valence-electron chi connectivity index (χ0n) is 17.3. The quantitative estimate of drug-likeness (QED) is 0.474. The first-order valence-corrected chi connectivity index (χ1v) is 11.8. The summed E-state index contributed by atoms with van der Waals surface area (Å²) in [5.74, 6) is 0.791. The second-order valence-electron chi connectivity index (χ2n) is 7.96. The zero-order valence-corrected chi connectivity index (χ0v) is 18.9. The van der Waals surface area contributed by atoms with Gasteiger partial charge in [-0.15, -0.1) is 0 Å². The van der Waals surface area contributed by atoms with Crippen molar-refractivity contribution in [1.82, 2.24) is 0 Å². The van der Waals surface area contributed by atoms with Gasteiger partial charge in [-0.05, 0) is 35.4 Å². The van der Waals surface area contributed by atoms with Crippen molar-refractivity contribution in [3.63, 3.8) is 0 Å². The van der Waals surface area contributed by atoms with Crippen LogP contribution in [0.2, 0.25) is 5.02 Å². The third-order valence-electron chi connectivity index (χ3n) is 5.66. The molecule has 0 bridgehead atoms. The van der Waals surface area contributed by atoms with Crippen molar-refractivity contribution in [2.75, 3.05) is 19.8 Å². The Kier molecular flexibility index (Phi) is 7.96. The number of aliphatic hydroxyl groups excluding tert-OH is 4. The Morgan fingerprint density at radius 2 is 1.81 bits per heavy atom. The summed E-state index contributed by atoms with van der Waals surface area (Å²) in [7, 11) is 0. The highest BCUT2D eigenvalue weighted by molar-refractivity contribution is 7.99. The summed E-state index contributed by atoms with van der Waals surface area (Å²) in [6.07, 6.45) is -3.55. The van der Waals surface area contributed by atoms with E-state index in [1.54, 1.807) is 12.1 Å². The molecule has 6 atom stereocenters. The highest BCUT2D eigenvalue weighted by Gasteiger charge is 2.44. The number of hydrogen-bond acceptors (Lipinski definition) is 8. The van der Waals surface area contributed by atoms with E-state index in [9.17, 15) is 20.4 Å². The van der Waals surface area contributed by atoms with E-state index in [1.807, 2.05) is 30.3 Å². The predicted molar refractivity (Wildman–Crippen MR) is 120 cm³/mol. The van der Waals surface area contributed by atoms with Crippen LogP contribution in [0, 0.1) is 0 Å². The first-order valence-electron chi connectivity index (χ1n) is 10.5. The van der Waals surface area contributed by atoms with Crippen LogP contribution in [-0.2, 0) is 15.9 Å². The maximum absolute atomic E-state index is 10.4. The molecular weight excluding hydrogens is 456 g/mol. The van der Waals surface area contributed by atoms with E-state index >= 15 is 0 Å². The molecule has 2 heterocycles. The fourth-order valence-electron chi connectivity index (χ4n) is 3.80. The Hall–Kier alpha value is -1.36. The van der Waals surface area contributed by atoms with Gasteiger partial charge in [0, 0.05) is 22.8 Å². The van der Waals surface area contributed by atoms with Crippen molar-refractivity contribution in [3.05, 3.63) is 58.6 Å². The fraction of sp³-hybridized carbons (Fsp3) is 0.478. The average Bonchev–Trinajstić information content (AvgIpc) is 3.30. The number of aliphatic hydroxyl groups is 4. The molecule has 4 N–H and O–H groups in total. The minimum Gasteiger partial charge on any atom is -0.488 e. The van der Waals surface area contributed by atoms with Gasteiger partial charge in [0.05, 0.1) is 19.8 Å². The lowest BCUT2D eigenvalue weighted by atomic mass is 10.0. The lowest BCUT2D eigenvalue weighted by Crippen LogP contribution is -2.57. The van der Waals surface area contributed by atoms with E-state index in [-0.39, 0.29) is 6.10 Å². The highest BCUT2D eigenvalue weighted by Crippen LogP contribution is 2.38. The first kappa shape index (κ1) is 23.8. The number of thioether (sulfide) groups is 1. The molecule has 0 aliphatic carbocycles. The Bertz CT molecular complexity index is 888. The van der Waals surface area contributed by atoms with Crippen molar-refractivity contribution < 1.29 is 34.6 Å². The van der Waals surface area contributed by atoms with Gasteiger partial charge in [-0.1, -0.05) is 41.6 Å². The van der Waals surface area contributed by atoms with Crippen LogP contribution in [0.5, 0.6) is 5.75 Å². The summed E-state index contributed by atoms with van der Waals surface area (Å²) in [5.41, 5.74) is 1.02. The molecule has 0 unspecified atom stereocenters. The maximum Gasteiger partial charge on any atom is 0.136 e. The number of ether oxygens (including phenoxy) is 3. The summed E-state index contributed by atoms with van der Waals surface area (Å²) < 4.78 is 16.9. The van der Waals surface area contributed by atoms with E-state index in [0.29, 0.717) is 18.1 Å². The van der Waals surface area contributed by atoms with Gasteiger partial charge in [0.25, 0.3) is 0 Å². The minimum atomic E-state index is -1.42. The Balaban J connectivity index is 1.48. The van der Waals surface area contributed by atoms with Crippen LogP contribution in [0.25, 0.3) is 0 Å². The van der Waals surface area contributed by atoms with Crippen molar-refractivity contribution >= 4 is 23.4 Å². The van der Waals surface area contributed by atoms with Gasteiger partial charge in [-0.25, -0.2) is 0 Å². The molecule has 0 saturated carbocycles. The standard InChI is InChI=1S/C23H27ClO7S/c24-17-2-1-3-19(32-23-22(28)21(27)20(26)18(11-25)31-23)16(17)10-13-4-6-14(7-5-13)30-15-8-9-29-12-15/h1-7,15,18,20-23,25-28H,8-12H2/t15-,18+,20+,21-,22+,23-/m0/s1. The lowest BCUT2D eigenvalue weighted by molar-refractivity contribution is -0.205. The van der Waals surface area contributed by atoms with Crippen LogP contribution in [0.1, 0.15) is 17.5 Å². The van der Waals surface area contributed by atoms with E-state index in [0.717, 1.165) is 34.8 Å². The molecule has 2 aliphatic rings. The maximum atomic E-state index is 10.4. The van der Waals surface area contributed by atoms with Gasteiger partial charge in [0.2, 0.25) is 0 Å². The van der Waals surface area contributed by atoms with Gasteiger partial charge >= 0.3 is 0 Å². The Morgan fingerprint density at radius 1 is 1.03 bits per heavy atom. The van der Waals surface area contributed by atoms with Crippen LogP contribution in [0.15, 0.2) is 47.4 Å². The fourth-order valence-corrected chi connectivity index (χ4v) is 5.33. The summed E-state index contributed by atoms with van der Waals surface area (Å²) >= 11 is 7.71. The molecule has 2 aromatic carbocycles. The third kappa shape index (κ3) is 5.40. The molecule has 0 radical (unpaired) electrons. The SMILES string of the molecule is OC[C@H]1O[C@@H](Sc2cccc(Cl)c2Cc2ccc(O[C@H]3CCOC3)cc2)[C@H](O)[C@@H](O)[C@@H]1O. The third-order valence-corrected chi connectivity index (χ3v) is 7.28. The Labute approximate surface area is 195 Å². The minimum absolute atomic E-state index is 0.0888. The highest BCUT2D eigenvalue weighted by atomic mass is 35.5. The van der Waals surface area contributed by atoms with Gasteiger partial charge in [-0.3, -0.25) is 0 Å². The molecule has 9 heteroatoms. The van der Waals surface area contributed by atoms with E-state index in [4.69, 9.17) is 25.8 Å². The molecule has 0 spiro atoms. The van der Waals surface area contributed by atoms with Gasteiger partial charge in [0.1, 0.15) is 41.7 Å². The molecule has 4 rings (SSSR count). The van der Waals surface area contributed by atoms with Crippen molar-refractivity contribution in [2.24, 2.45) is 0 Å². The van der Waals surface area contributed by atoms with Crippen LogP contribution >= 0.6 is 23.4 Å². The number of rotatable bonds is 7. The summed E-state index contributed by atoms with van der Waals surface area (Å²) in [6, 6.07) is 13.3. The largest absolute Gasteiger partial charge is 0.488 e. The van der Waals surface area contributed by atoms with E-state index in [1.165, 1.54) is 11.8 Å². The smallest absolute Gasteiger partial charge is 0.136 e. The molecule has 0 aromatic heterocycles. The molecule has 174 valence electrons. The second-order valence-corrected chi connectivity index (χ2v) is 9.50. The predicted octanol–water partition coefficient (Wildman–Crippen LogP) is 1.99. The van der Waals surface area contributed by atoms with Gasteiger partial charge in [-0.2, -0.15) is 0 Å². The summed E-state index contributed by atoms with van der Waals surface area (Å²) in [4.78, 5) is 0.783.